The highest BCUT2D eigenvalue weighted by molar-refractivity contribution is 5.19. The second kappa shape index (κ2) is 4.30. The Bertz CT molecular complexity index is 328. The van der Waals surface area contributed by atoms with Gasteiger partial charge in [0.15, 0.2) is 0 Å². The highest BCUT2D eigenvalue weighted by Gasteiger charge is 2.52. The third kappa shape index (κ3) is 1.72. The van der Waals surface area contributed by atoms with E-state index in [4.69, 9.17) is 6.42 Å². The minimum atomic E-state index is -0.802. The Morgan fingerprint density at radius 3 is 2.53 bits per heavy atom. The number of fused-ring (bicyclic) bond motifs is 2. The molecule has 94 valence electrons. The number of nitrogens with zero attached hydrogens (tertiary/aromatic N) is 1. The van der Waals surface area contributed by atoms with Crippen LogP contribution in [-0.4, -0.2) is 34.7 Å². The molecule has 0 amide bonds. The molecule has 0 aromatic carbocycles. The van der Waals surface area contributed by atoms with Crippen LogP contribution >= 0.6 is 0 Å². The van der Waals surface area contributed by atoms with Gasteiger partial charge < -0.3 is 5.11 Å². The molecule has 2 aliphatic carbocycles. The number of aliphatic hydroxyl groups is 1. The lowest BCUT2D eigenvalue weighted by molar-refractivity contribution is -0.107. The fourth-order valence-electron chi connectivity index (χ4n) is 4.49. The van der Waals surface area contributed by atoms with Crippen molar-refractivity contribution in [3.8, 4) is 12.3 Å². The third-order valence-electron chi connectivity index (χ3n) is 5.37. The molecule has 17 heavy (non-hydrogen) atoms. The van der Waals surface area contributed by atoms with E-state index in [0.717, 1.165) is 19.3 Å². The lowest BCUT2D eigenvalue weighted by atomic mass is 9.59. The molecule has 4 atom stereocenters. The quantitative estimate of drug-likeness (QED) is 0.700. The third-order valence-corrected chi connectivity index (χ3v) is 5.37. The van der Waals surface area contributed by atoms with E-state index in [-0.39, 0.29) is 0 Å². The standard InChI is InChI=1S/C15H23NO/c1-2-15(17)12-6-5-7-13(15)14(9-8-12)16-10-3-4-11-16/h1,12-14,17H,3-11H2. The Labute approximate surface area is 104 Å². The molecule has 0 spiro atoms. The second-order valence-corrected chi connectivity index (χ2v) is 6.09. The Morgan fingerprint density at radius 2 is 1.82 bits per heavy atom. The van der Waals surface area contributed by atoms with Gasteiger partial charge in [-0.2, -0.15) is 0 Å². The molecular weight excluding hydrogens is 210 g/mol. The number of hydrogen-bond donors (Lipinski definition) is 1. The minimum Gasteiger partial charge on any atom is -0.377 e. The van der Waals surface area contributed by atoms with E-state index in [1.807, 2.05) is 0 Å². The van der Waals surface area contributed by atoms with Crippen LogP contribution < -0.4 is 0 Å². The maximum atomic E-state index is 10.8. The van der Waals surface area contributed by atoms with E-state index in [0.29, 0.717) is 17.9 Å². The number of rotatable bonds is 1. The molecule has 4 unspecified atom stereocenters. The molecule has 2 nitrogen and oxygen atoms in total. The maximum Gasteiger partial charge on any atom is 0.132 e. The van der Waals surface area contributed by atoms with Gasteiger partial charge in [-0.05, 0) is 57.5 Å². The van der Waals surface area contributed by atoms with Crippen molar-refractivity contribution in [2.45, 2.75) is 56.6 Å². The highest BCUT2D eigenvalue weighted by atomic mass is 16.3. The summed E-state index contributed by atoms with van der Waals surface area (Å²) >= 11 is 0. The zero-order chi connectivity index (χ0) is 11.9. The summed E-state index contributed by atoms with van der Waals surface area (Å²) in [6.07, 6.45) is 14.2. The molecule has 2 saturated carbocycles. The smallest absolute Gasteiger partial charge is 0.132 e. The van der Waals surface area contributed by atoms with E-state index < -0.39 is 5.60 Å². The molecule has 2 bridgehead atoms. The maximum absolute atomic E-state index is 10.8. The first kappa shape index (κ1) is 11.6. The van der Waals surface area contributed by atoms with E-state index in [1.165, 1.54) is 38.8 Å². The zero-order valence-corrected chi connectivity index (χ0v) is 10.6. The predicted molar refractivity (Wildman–Crippen MR) is 68.4 cm³/mol. The van der Waals surface area contributed by atoms with Crippen molar-refractivity contribution in [2.24, 2.45) is 11.8 Å². The molecule has 3 fully saturated rings. The van der Waals surface area contributed by atoms with Crippen molar-refractivity contribution in [1.82, 2.24) is 4.90 Å². The Hall–Kier alpha value is -0.520. The topological polar surface area (TPSA) is 23.5 Å². The SMILES string of the molecule is C#CC1(O)C2CCCC1C(N1CCCC1)CC2. The van der Waals surface area contributed by atoms with E-state index in [9.17, 15) is 5.11 Å². The van der Waals surface area contributed by atoms with E-state index in [1.54, 1.807) is 0 Å². The van der Waals surface area contributed by atoms with Crippen LogP contribution in [0.5, 0.6) is 0 Å². The first-order chi connectivity index (χ1) is 8.25. The predicted octanol–water partition coefficient (Wildman–Crippen LogP) is 2.03. The van der Waals surface area contributed by atoms with E-state index in [2.05, 4.69) is 10.8 Å². The molecule has 3 rings (SSSR count). The molecule has 3 aliphatic rings. The van der Waals surface area contributed by atoms with Crippen molar-refractivity contribution in [3.05, 3.63) is 0 Å². The van der Waals surface area contributed by atoms with E-state index >= 15 is 0 Å². The summed E-state index contributed by atoms with van der Waals surface area (Å²) in [5.41, 5.74) is -0.802. The molecule has 0 aromatic heterocycles. The molecule has 1 aliphatic heterocycles. The van der Waals surface area contributed by atoms with Crippen LogP contribution in [0.25, 0.3) is 0 Å². The summed E-state index contributed by atoms with van der Waals surface area (Å²) in [4.78, 5) is 2.59. The van der Waals surface area contributed by atoms with Crippen molar-refractivity contribution < 1.29 is 5.11 Å². The highest BCUT2D eigenvalue weighted by Crippen LogP contribution is 2.48. The summed E-state index contributed by atoms with van der Waals surface area (Å²) in [7, 11) is 0. The Balaban J connectivity index is 1.85. The lowest BCUT2D eigenvalue weighted by Crippen LogP contribution is -2.59. The van der Waals surface area contributed by atoms with Crippen molar-refractivity contribution in [3.63, 3.8) is 0 Å². The lowest BCUT2D eigenvalue weighted by Gasteiger charge is -2.52. The van der Waals surface area contributed by atoms with Crippen LogP contribution in [0.15, 0.2) is 0 Å². The van der Waals surface area contributed by atoms with Gasteiger partial charge in [0.05, 0.1) is 0 Å². The summed E-state index contributed by atoms with van der Waals surface area (Å²) in [5.74, 6) is 3.46. The van der Waals surface area contributed by atoms with Gasteiger partial charge in [-0.15, -0.1) is 6.42 Å². The normalized spacial score (nSPS) is 46.7. The number of likely N-dealkylation sites (tertiary alicyclic amines) is 1. The van der Waals surface area contributed by atoms with Crippen LogP contribution in [-0.2, 0) is 0 Å². The number of terminal acetylenes is 1. The fraction of sp³-hybridized carbons (Fsp3) is 0.867. The molecule has 0 radical (unpaired) electrons. The van der Waals surface area contributed by atoms with Gasteiger partial charge in [0, 0.05) is 12.0 Å². The summed E-state index contributed by atoms with van der Waals surface area (Å²) < 4.78 is 0. The Morgan fingerprint density at radius 1 is 1.06 bits per heavy atom. The average Bonchev–Trinajstić information content (AvgIpc) is 2.82. The molecular formula is C15H23NO. The average molecular weight is 233 g/mol. The van der Waals surface area contributed by atoms with Crippen molar-refractivity contribution in [1.29, 1.82) is 0 Å². The van der Waals surface area contributed by atoms with Gasteiger partial charge in [-0.1, -0.05) is 12.3 Å². The van der Waals surface area contributed by atoms with Gasteiger partial charge >= 0.3 is 0 Å². The van der Waals surface area contributed by atoms with Gasteiger partial charge in [-0.25, -0.2) is 0 Å². The summed E-state index contributed by atoms with van der Waals surface area (Å²) in [6, 6.07) is 0.551. The first-order valence-electron chi connectivity index (χ1n) is 7.20. The fourth-order valence-corrected chi connectivity index (χ4v) is 4.49. The van der Waals surface area contributed by atoms with Crippen molar-refractivity contribution >= 4 is 0 Å². The van der Waals surface area contributed by atoms with Crippen molar-refractivity contribution in [2.75, 3.05) is 13.1 Å². The largest absolute Gasteiger partial charge is 0.377 e. The van der Waals surface area contributed by atoms with Gasteiger partial charge in [-0.3, -0.25) is 4.90 Å². The summed E-state index contributed by atoms with van der Waals surface area (Å²) in [5, 5.41) is 10.8. The molecule has 1 N–H and O–H groups in total. The van der Waals surface area contributed by atoms with Crippen LogP contribution in [0, 0.1) is 24.2 Å². The molecule has 0 aromatic rings. The van der Waals surface area contributed by atoms with Crippen LogP contribution in [0.4, 0.5) is 0 Å². The Kier molecular flexibility index (Phi) is 2.92. The van der Waals surface area contributed by atoms with Gasteiger partial charge in [0.1, 0.15) is 5.60 Å². The zero-order valence-electron chi connectivity index (χ0n) is 10.6. The molecule has 1 saturated heterocycles. The molecule has 2 heteroatoms. The van der Waals surface area contributed by atoms with Crippen LogP contribution in [0.2, 0.25) is 0 Å². The number of hydrogen-bond acceptors (Lipinski definition) is 2. The molecule has 1 heterocycles. The first-order valence-corrected chi connectivity index (χ1v) is 7.20. The summed E-state index contributed by atoms with van der Waals surface area (Å²) in [6.45, 7) is 2.43. The monoisotopic (exact) mass is 233 g/mol. The van der Waals surface area contributed by atoms with Gasteiger partial charge in [0.25, 0.3) is 0 Å². The van der Waals surface area contributed by atoms with Crippen LogP contribution in [0.3, 0.4) is 0 Å². The van der Waals surface area contributed by atoms with Gasteiger partial charge in [0.2, 0.25) is 0 Å². The second-order valence-electron chi connectivity index (χ2n) is 6.09. The van der Waals surface area contributed by atoms with Crippen LogP contribution in [0.1, 0.15) is 44.9 Å². The minimum absolute atomic E-state index is 0.332.